The fourth-order valence-electron chi connectivity index (χ4n) is 8.47. The van der Waals surface area contributed by atoms with E-state index >= 15 is 0 Å². The van der Waals surface area contributed by atoms with Crippen molar-refractivity contribution in [2.24, 2.45) is 39.9 Å². The van der Waals surface area contributed by atoms with Gasteiger partial charge in [0.15, 0.2) is 0 Å². The first-order valence-corrected chi connectivity index (χ1v) is 13.6. The van der Waals surface area contributed by atoms with E-state index < -0.39 is 5.97 Å². The fraction of sp³-hybridized carbons (Fsp3) is 0.742. The molecular weight excluding hydrogens is 436 g/mol. The van der Waals surface area contributed by atoms with E-state index in [0.717, 1.165) is 44.9 Å². The van der Waals surface area contributed by atoms with Crippen molar-refractivity contribution >= 4 is 11.9 Å². The van der Waals surface area contributed by atoms with E-state index in [2.05, 4.69) is 60.3 Å². The number of hydrogen-bond acceptors (Lipinski definition) is 3. The van der Waals surface area contributed by atoms with Crippen molar-refractivity contribution < 1.29 is 19.4 Å². The van der Waals surface area contributed by atoms with Crippen LogP contribution in [0.5, 0.6) is 0 Å². The highest BCUT2D eigenvalue weighted by atomic mass is 16.5. The number of carboxylic acid groups (broad SMARTS) is 1. The monoisotopic (exact) mass is 484 g/mol. The third-order valence-corrected chi connectivity index (χ3v) is 10.7. The van der Waals surface area contributed by atoms with Gasteiger partial charge in [-0.3, -0.25) is 9.59 Å². The second-order valence-corrected chi connectivity index (χ2v) is 12.7. The third kappa shape index (κ3) is 4.79. The smallest absolute Gasteiger partial charge is 0.306 e. The lowest BCUT2D eigenvalue weighted by Crippen LogP contribution is -2.52. The summed E-state index contributed by atoms with van der Waals surface area (Å²) in [6.07, 6.45) is 12.5. The Balaban J connectivity index is 1.96. The van der Waals surface area contributed by atoms with E-state index in [4.69, 9.17) is 4.74 Å². The van der Waals surface area contributed by atoms with Gasteiger partial charge in [-0.2, -0.15) is 0 Å². The molecular formula is C31H48O4. The maximum atomic E-state index is 12.5. The SMILES string of the molecule is C=C(C)[C@@H]1CC=C2[C@@H](CC[C@@]3(C)[C@H]([C@H](CCC=C(C)C)C(=O)O)CC[C@]23C)[C@@]1(C)CCC(=O)OC. The number of carbonyl (C=O) groups excluding carboxylic acids is 1. The van der Waals surface area contributed by atoms with Crippen LogP contribution >= 0.6 is 0 Å². The highest BCUT2D eigenvalue weighted by molar-refractivity contribution is 5.71. The predicted molar refractivity (Wildman–Crippen MR) is 142 cm³/mol. The Morgan fingerprint density at radius 2 is 1.89 bits per heavy atom. The van der Waals surface area contributed by atoms with E-state index in [1.165, 1.54) is 23.8 Å². The molecule has 0 aliphatic heterocycles. The number of rotatable bonds is 9. The molecule has 0 heterocycles. The number of hydrogen-bond donors (Lipinski definition) is 1. The minimum Gasteiger partial charge on any atom is -0.481 e. The molecule has 2 saturated carbocycles. The summed E-state index contributed by atoms with van der Waals surface area (Å²) in [5.74, 6) is -0.135. The average molecular weight is 485 g/mol. The van der Waals surface area contributed by atoms with Crippen molar-refractivity contribution in [1.82, 2.24) is 0 Å². The zero-order chi connectivity index (χ0) is 26.2. The largest absolute Gasteiger partial charge is 0.481 e. The number of carbonyl (C=O) groups is 2. The summed E-state index contributed by atoms with van der Waals surface area (Å²) in [6.45, 7) is 17.8. The maximum Gasteiger partial charge on any atom is 0.306 e. The molecule has 3 rings (SSSR count). The summed E-state index contributed by atoms with van der Waals surface area (Å²) in [6, 6.07) is 0. The standard InChI is InChI=1S/C31H48O4/c1-20(2)10-9-11-22(28(33)34)24-14-18-31(7)26-13-12-23(21(3)4)29(5,17-16-27(32)35-8)25(26)15-19-30(24,31)6/h10,13,22-25H,3,9,11-12,14-19H2,1-2,4-8H3,(H,33,34)/t22-,23-,24-,25+,29-,30-,31+/m0/s1. The second-order valence-electron chi connectivity index (χ2n) is 12.7. The Hall–Kier alpha value is -1.84. The van der Waals surface area contributed by atoms with Crippen molar-refractivity contribution in [2.75, 3.05) is 7.11 Å². The number of methoxy groups -OCH3 is 1. The second kappa shape index (κ2) is 10.3. The van der Waals surface area contributed by atoms with Gasteiger partial charge in [0.05, 0.1) is 13.0 Å². The number of ether oxygens (including phenoxy) is 1. The van der Waals surface area contributed by atoms with E-state index in [-0.39, 0.29) is 34.1 Å². The average Bonchev–Trinajstić information content (AvgIpc) is 3.06. The lowest BCUT2D eigenvalue weighted by atomic mass is 9.44. The first-order valence-electron chi connectivity index (χ1n) is 13.6. The first-order chi connectivity index (χ1) is 16.3. The Bertz CT molecular complexity index is 909. The van der Waals surface area contributed by atoms with Gasteiger partial charge >= 0.3 is 11.9 Å². The predicted octanol–water partition coefficient (Wildman–Crippen LogP) is 7.75. The Kier molecular flexibility index (Phi) is 8.13. The van der Waals surface area contributed by atoms with Crippen LogP contribution in [0.25, 0.3) is 0 Å². The highest BCUT2D eigenvalue weighted by Gasteiger charge is 2.64. The molecule has 35 heavy (non-hydrogen) atoms. The number of allylic oxidation sites excluding steroid dienone is 5. The highest BCUT2D eigenvalue weighted by Crippen LogP contribution is 2.72. The van der Waals surface area contributed by atoms with Crippen molar-refractivity contribution in [3.8, 4) is 0 Å². The summed E-state index contributed by atoms with van der Waals surface area (Å²) in [7, 11) is 1.47. The zero-order valence-electron chi connectivity index (χ0n) is 23.2. The molecule has 4 heteroatoms. The summed E-state index contributed by atoms with van der Waals surface area (Å²) < 4.78 is 5.00. The van der Waals surface area contributed by atoms with Gasteiger partial charge in [-0.15, -0.1) is 0 Å². The van der Waals surface area contributed by atoms with Gasteiger partial charge in [-0.25, -0.2) is 0 Å². The number of aliphatic carboxylic acids is 1. The van der Waals surface area contributed by atoms with Crippen LogP contribution in [-0.2, 0) is 14.3 Å². The molecule has 4 nitrogen and oxygen atoms in total. The fourth-order valence-corrected chi connectivity index (χ4v) is 8.47. The lowest BCUT2D eigenvalue weighted by molar-refractivity contribution is -0.147. The topological polar surface area (TPSA) is 63.6 Å². The van der Waals surface area contributed by atoms with Crippen molar-refractivity contribution in [1.29, 1.82) is 0 Å². The van der Waals surface area contributed by atoms with Gasteiger partial charge in [0.2, 0.25) is 0 Å². The Morgan fingerprint density at radius 1 is 1.20 bits per heavy atom. The third-order valence-electron chi connectivity index (χ3n) is 10.7. The van der Waals surface area contributed by atoms with Crippen molar-refractivity contribution in [3.63, 3.8) is 0 Å². The zero-order valence-corrected chi connectivity index (χ0v) is 23.2. The summed E-state index contributed by atoms with van der Waals surface area (Å²) >= 11 is 0. The number of esters is 1. The van der Waals surface area contributed by atoms with Gasteiger partial charge in [-0.1, -0.05) is 56.2 Å². The summed E-state index contributed by atoms with van der Waals surface area (Å²) in [5.41, 5.74) is 3.91. The molecule has 0 saturated heterocycles. The van der Waals surface area contributed by atoms with Crippen LogP contribution in [0.1, 0.15) is 99.3 Å². The molecule has 1 N–H and O–H groups in total. The van der Waals surface area contributed by atoms with E-state index in [9.17, 15) is 14.7 Å². The molecule has 3 aliphatic rings. The molecule has 0 radical (unpaired) electrons. The number of carboxylic acids is 1. The number of fused-ring (bicyclic) bond motifs is 3. The van der Waals surface area contributed by atoms with Crippen molar-refractivity contribution in [2.45, 2.75) is 99.3 Å². The van der Waals surface area contributed by atoms with Crippen LogP contribution in [0.4, 0.5) is 0 Å². The van der Waals surface area contributed by atoms with Crippen LogP contribution in [-0.4, -0.2) is 24.2 Å². The molecule has 0 unspecified atom stereocenters. The van der Waals surface area contributed by atoms with Gasteiger partial charge in [0.1, 0.15) is 0 Å². The molecule has 0 aromatic rings. The molecule has 0 spiro atoms. The van der Waals surface area contributed by atoms with E-state index in [0.29, 0.717) is 24.7 Å². The summed E-state index contributed by atoms with van der Waals surface area (Å²) in [5, 5.41) is 10.3. The molecule has 0 bridgehead atoms. The normalized spacial score (nSPS) is 36.9. The molecule has 0 amide bonds. The van der Waals surface area contributed by atoms with E-state index in [1.54, 1.807) is 0 Å². The maximum absolute atomic E-state index is 12.5. The van der Waals surface area contributed by atoms with Gasteiger partial charge in [0.25, 0.3) is 0 Å². The Morgan fingerprint density at radius 3 is 2.46 bits per heavy atom. The van der Waals surface area contributed by atoms with Crippen LogP contribution in [0.15, 0.2) is 35.5 Å². The summed E-state index contributed by atoms with van der Waals surface area (Å²) in [4.78, 5) is 24.6. The Labute approximate surface area is 213 Å². The first kappa shape index (κ1) is 27.7. The minimum atomic E-state index is -0.632. The molecule has 0 aromatic heterocycles. The van der Waals surface area contributed by atoms with Crippen LogP contribution in [0.3, 0.4) is 0 Å². The molecule has 0 aromatic carbocycles. The van der Waals surface area contributed by atoms with Gasteiger partial charge in [0, 0.05) is 6.42 Å². The minimum absolute atomic E-state index is 0.00261. The van der Waals surface area contributed by atoms with Gasteiger partial charge < -0.3 is 9.84 Å². The molecule has 2 fully saturated rings. The van der Waals surface area contributed by atoms with E-state index in [1.807, 2.05) is 0 Å². The molecule has 7 atom stereocenters. The van der Waals surface area contributed by atoms with Crippen LogP contribution in [0, 0.1) is 39.9 Å². The quantitative estimate of drug-likeness (QED) is 0.268. The molecule has 3 aliphatic carbocycles. The lowest BCUT2D eigenvalue weighted by Gasteiger charge is -2.60. The molecule has 196 valence electrons. The van der Waals surface area contributed by atoms with Gasteiger partial charge in [-0.05, 0) is 106 Å². The van der Waals surface area contributed by atoms with Crippen LogP contribution in [0.2, 0.25) is 0 Å². The van der Waals surface area contributed by atoms with Crippen LogP contribution < -0.4 is 0 Å². The van der Waals surface area contributed by atoms with Crippen molar-refractivity contribution in [3.05, 3.63) is 35.5 Å².